The van der Waals surface area contributed by atoms with Gasteiger partial charge in [-0.1, -0.05) is 47.5 Å². The fourth-order valence-electron chi connectivity index (χ4n) is 3.10. The van der Waals surface area contributed by atoms with Crippen molar-refractivity contribution in [1.82, 2.24) is 9.78 Å². The highest BCUT2D eigenvalue weighted by Gasteiger charge is 2.35. The van der Waals surface area contributed by atoms with E-state index in [1.54, 1.807) is 24.3 Å². The Kier molecular flexibility index (Phi) is 6.14. The van der Waals surface area contributed by atoms with E-state index in [0.717, 1.165) is 16.8 Å². The molecule has 4 nitrogen and oxygen atoms in total. The lowest BCUT2D eigenvalue weighted by molar-refractivity contribution is -0.141. The summed E-state index contributed by atoms with van der Waals surface area (Å²) in [5.74, 6) is -1.12. The molecule has 168 valence electrons. The minimum absolute atomic E-state index is 0.142. The van der Waals surface area contributed by atoms with Gasteiger partial charge in [-0.25, -0.2) is 9.07 Å². The number of nitrogens with zero attached hydrogens (tertiary/aromatic N) is 2. The van der Waals surface area contributed by atoms with Gasteiger partial charge >= 0.3 is 6.18 Å². The first-order valence-corrected chi connectivity index (χ1v) is 10.2. The van der Waals surface area contributed by atoms with E-state index >= 15 is 0 Å². The molecule has 1 amide bonds. The molecular formula is C23H13Cl2F4N3O. The molecule has 0 saturated carbocycles. The molecule has 1 heterocycles. The average Bonchev–Trinajstić information content (AvgIpc) is 3.22. The molecule has 10 heteroatoms. The zero-order valence-corrected chi connectivity index (χ0v) is 18.0. The van der Waals surface area contributed by atoms with Crippen LogP contribution in [0.15, 0.2) is 72.8 Å². The number of carbonyl (C=O) groups is 1. The first-order valence-electron chi connectivity index (χ1n) is 9.42. The number of alkyl halides is 3. The Hall–Kier alpha value is -3.36. The minimum Gasteiger partial charge on any atom is -0.322 e. The van der Waals surface area contributed by atoms with E-state index in [4.69, 9.17) is 23.2 Å². The monoisotopic (exact) mass is 493 g/mol. The van der Waals surface area contributed by atoms with E-state index in [1.165, 1.54) is 36.4 Å². The van der Waals surface area contributed by atoms with Gasteiger partial charge in [0.1, 0.15) is 5.82 Å². The number of halogens is 6. The fraction of sp³-hybridized carbons (Fsp3) is 0.0435. The molecule has 0 aliphatic heterocycles. The van der Waals surface area contributed by atoms with Crippen LogP contribution in [0.2, 0.25) is 10.0 Å². The Bertz CT molecular complexity index is 1330. The lowest BCUT2D eigenvalue weighted by Gasteiger charge is -2.10. The zero-order chi connectivity index (χ0) is 23.8. The maximum absolute atomic E-state index is 13.3. The second-order valence-electron chi connectivity index (χ2n) is 6.94. The number of rotatable bonds is 4. The molecule has 0 atom stereocenters. The molecule has 33 heavy (non-hydrogen) atoms. The maximum atomic E-state index is 13.3. The smallest absolute Gasteiger partial charge is 0.322 e. The number of anilines is 1. The van der Waals surface area contributed by atoms with E-state index in [2.05, 4.69) is 10.4 Å². The molecule has 0 unspecified atom stereocenters. The second kappa shape index (κ2) is 8.88. The van der Waals surface area contributed by atoms with Crippen molar-refractivity contribution in [1.29, 1.82) is 0 Å². The van der Waals surface area contributed by atoms with Crippen molar-refractivity contribution in [3.05, 3.63) is 99.9 Å². The first kappa shape index (κ1) is 22.8. The predicted octanol–water partition coefficient (Wildman–Crippen LogP) is 7.26. The summed E-state index contributed by atoms with van der Waals surface area (Å²) in [6.45, 7) is 0. The van der Waals surface area contributed by atoms with Gasteiger partial charge in [0.2, 0.25) is 0 Å². The molecular weight excluding hydrogens is 481 g/mol. The lowest BCUT2D eigenvalue weighted by Crippen LogP contribution is -2.11. The third-order valence-corrected chi connectivity index (χ3v) is 5.31. The van der Waals surface area contributed by atoms with E-state index in [-0.39, 0.29) is 27.0 Å². The number of carbonyl (C=O) groups excluding carboxylic acids is 1. The molecule has 1 aromatic heterocycles. The Labute approximate surface area is 195 Å². The van der Waals surface area contributed by atoms with E-state index in [1.807, 2.05) is 0 Å². The average molecular weight is 494 g/mol. The van der Waals surface area contributed by atoms with Gasteiger partial charge in [0, 0.05) is 16.8 Å². The molecule has 4 rings (SSSR count). The zero-order valence-electron chi connectivity index (χ0n) is 16.5. The van der Waals surface area contributed by atoms with Gasteiger partial charge in [-0.15, -0.1) is 0 Å². The van der Waals surface area contributed by atoms with Crippen LogP contribution in [0.25, 0.3) is 16.9 Å². The van der Waals surface area contributed by atoms with Gasteiger partial charge in [-0.2, -0.15) is 18.3 Å². The summed E-state index contributed by atoms with van der Waals surface area (Å²) in [6.07, 6.45) is -4.66. The molecule has 0 radical (unpaired) electrons. The third kappa shape index (κ3) is 4.86. The highest BCUT2D eigenvalue weighted by atomic mass is 35.5. The van der Waals surface area contributed by atoms with Crippen molar-refractivity contribution in [3.8, 4) is 16.9 Å². The molecule has 1 N–H and O–H groups in total. The number of hydrogen-bond acceptors (Lipinski definition) is 2. The van der Waals surface area contributed by atoms with Crippen LogP contribution in [0.5, 0.6) is 0 Å². The van der Waals surface area contributed by atoms with Gasteiger partial charge in [0.25, 0.3) is 5.91 Å². The van der Waals surface area contributed by atoms with E-state index in [9.17, 15) is 22.4 Å². The summed E-state index contributed by atoms with van der Waals surface area (Å²) in [4.78, 5) is 12.5. The molecule has 0 aliphatic rings. The number of hydrogen-bond donors (Lipinski definition) is 1. The van der Waals surface area contributed by atoms with Gasteiger partial charge in [0.05, 0.1) is 21.4 Å². The predicted molar refractivity (Wildman–Crippen MR) is 118 cm³/mol. The third-order valence-electron chi connectivity index (χ3n) is 4.70. The standard InChI is InChI=1S/C23H13Cl2F4N3O/c24-16-3-1-2-4-19(16)32-20(12-21(31-32)23(27,28)29)13-5-7-14(8-6-13)22(33)30-15-9-10-18(26)17(25)11-15/h1-12H,(H,30,33). The Morgan fingerprint density at radius 1 is 0.909 bits per heavy atom. The van der Waals surface area contributed by atoms with Crippen LogP contribution < -0.4 is 5.32 Å². The molecule has 0 fully saturated rings. The molecule has 0 saturated heterocycles. The second-order valence-corrected chi connectivity index (χ2v) is 7.75. The van der Waals surface area contributed by atoms with Crippen LogP contribution in [0, 0.1) is 5.82 Å². The number of para-hydroxylation sites is 1. The van der Waals surface area contributed by atoms with Crippen LogP contribution in [-0.2, 0) is 6.18 Å². The summed E-state index contributed by atoms with van der Waals surface area (Å²) >= 11 is 11.9. The summed E-state index contributed by atoms with van der Waals surface area (Å²) in [7, 11) is 0. The van der Waals surface area contributed by atoms with Crippen molar-refractivity contribution < 1.29 is 22.4 Å². The van der Waals surface area contributed by atoms with Gasteiger partial charge in [-0.05, 0) is 48.5 Å². The van der Waals surface area contributed by atoms with Crippen molar-refractivity contribution >= 4 is 34.8 Å². The molecule has 0 spiro atoms. The Balaban J connectivity index is 1.67. The fourth-order valence-corrected chi connectivity index (χ4v) is 3.50. The highest BCUT2D eigenvalue weighted by Crippen LogP contribution is 2.34. The van der Waals surface area contributed by atoms with Crippen molar-refractivity contribution in [3.63, 3.8) is 0 Å². The lowest BCUT2D eigenvalue weighted by atomic mass is 10.1. The summed E-state index contributed by atoms with van der Waals surface area (Å²) in [5, 5.41) is 6.37. The largest absolute Gasteiger partial charge is 0.435 e. The van der Waals surface area contributed by atoms with Gasteiger partial charge in [0.15, 0.2) is 5.69 Å². The number of benzene rings is 3. The Morgan fingerprint density at radius 3 is 2.24 bits per heavy atom. The van der Waals surface area contributed by atoms with Crippen LogP contribution in [0.1, 0.15) is 16.1 Å². The maximum Gasteiger partial charge on any atom is 0.435 e. The number of nitrogens with one attached hydrogen (secondary N) is 1. The normalized spacial score (nSPS) is 11.5. The van der Waals surface area contributed by atoms with E-state index in [0.29, 0.717) is 11.3 Å². The van der Waals surface area contributed by atoms with Gasteiger partial charge < -0.3 is 5.32 Å². The van der Waals surface area contributed by atoms with Crippen molar-refractivity contribution in [2.45, 2.75) is 6.18 Å². The molecule has 0 aliphatic carbocycles. The number of aromatic nitrogens is 2. The van der Waals surface area contributed by atoms with Crippen LogP contribution >= 0.6 is 23.2 Å². The quantitative estimate of drug-likeness (QED) is 0.304. The first-order chi connectivity index (χ1) is 15.6. The summed E-state index contributed by atoms with van der Waals surface area (Å²) in [5.41, 5.74) is 0.264. The molecule has 0 bridgehead atoms. The Morgan fingerprint density at radius 2 is 1.61 bits per heavy atom. The summed E-state index contributed by atoms with van der Waals surface area (Å²) in [6, 6.07) is 16.9. The molecule has 4 aromatic rings. The topological polar surface area (TPSA) is 46.9 Å². The molecule has 3 aromatic carbocycles. The van der Waals surface area contributed by atoms with Crippen LogP contribution in [-0.4, -0.2) is 15.7 Å². The highest BCUT2D eigenvalue weighted by molar-refractivity contribution is 6.32. The minimum atomic E-state index is -4.66. The SMILES string of the molecule is O=C(Nc1ccc(F)c(Cl)c1)c1ccc(-c2cc(C(F)(F)F)nn2-c2ccccc2Cl)cc1. The van der Waals surface area contributed by atoms with Gasteiger partial charge in [-0.3, -0.25) is 4.79 Å². The van der Waals surface area contributed by atoms with Crippen LogP contribution in [0.4, 0.5) is 23.2 Å². The summed E-state index contributed by atoms with van der Waals surface area (Å²) < 4.78 is 54.4. The van der Waals surface area contributed by atoms with E-state index < -0.39 is 23.6 Å². The van der Waals surface area contributed by atoms with Crippen molar-refractivity contribution in [2.75, 3.05) is 5.32 Å². The van der Waals surface area contributed by atoms with Crippen LogP contribution in [0.3, 0.4) is 0 Å². The van der Waals surface area contributed by atoms with Crippen molar-refractivity contribution in [2.24, 2.45) is 0 Å². The number of amides is 1.